The minimum atomic E-state index is -4.96. The Hall–Kier alpha value is -0.950. The van der Waals surface area contributed by atoms with Gasteiger partial charge >= 0.3 is 12.4 Å². The van der Waals surface area contributed by atoms with Crippen LogP contribution in [0.2, 0.25) is 0 Å². The van der Waals surface area contributed by atoms with Crippen LogP contribution in [0, 0.1) is 5.92 Å². The molecule has 29 heavy (non-hydrogen) atoms. The molecule has 12 heteroatoms. The molecule has 0 spiro atoms. The molecule has 6 nitrogen and oxygen atoms in total. The summed E-state index contributed by atoms with van der Waals surface area (Å²) in [4.78, 5) is 12.5. The number of carbonyl (C=O) groups excluding carboxylic acids is 1. The Morgan fingerprint density at radius 3 is 2.34 bits per heavy atom. The molecule has 3 aliphatic heterocycles. The molecular formula is C17H25F6N3O3. The Kier molecular flexibility index (Phi) is 6.50. The van der Waals surface area contributed by atoms with Crippen LogP contribution < -0.4 is 16.2 Å². The van der Waals surface area contributed by atoms with E-state index >= 15 is 0 Å². The number of hydrazine groups is 1. The van der Waals surface area contributed by atoms with Crippen molar-refractivity contribution in [3.05, 3.63) is 0 Å². The molecular weight excluding hydrogens is 408 g/mol. The van der Waals surface area contributed by atoms with E-state index in [0.29, 0.717) is 12.8 Å². The van der Waals surface area contributed by atoms with Gasteiger partial charge in [0.2, 0.25) is 5.60 Å². The number of rotatable bonds is 0. The summed E-state index contributed by atoms with van der Waals surface area (Å²) in [6.07, 6.45) is -12.5. The minimum absolute atomic E-state index is 0.0344. The standard InChI is InChI=1S/C17H25F6N3O3/c18-16(19,20)9-6-7-10-13-25-26-14(29-13)15(28,17(21,22)23)8-4-2-1-3-5-11(27)12(9)24-10/h9-10,12-14,24-26,28H,1-8H2/t9?,10?,12?,13?,14?,15-/m1/s1. The zero-order valence-electron chi connectivity index (χ0n) is 15.6. The molecule has 4 N–H and O–H groups in total. The van der Waals surface area contributed by atoms with Gasteiger partial charge in [0.05, 0.1) is 12.0 Å². The number of hydrogen-bond donors (Lipinski definition) is 4. The van der Waals surface area contributed by atoms with Gasteiger partial charge in [-0.05, 0) is 25.7 Å². The Balaban J connectivity index is 1.83. The van der Waals surface area contributed by atoms with E-state index in [-0.39, 0.29) is 32.1 Å². The zero-order valence-corrected chi connectivity index (χ0v) is 15.6. The molecule has 0 aromatic carbocycles. The van der Waals surface area contributed by atoms with Gasteiger partial charge in [-0.15, -0.1) is 0 Å². The van der Waals surface area contributed by atoms with Crippen molar-refractivity contribution >= 4 is 5.78 Å². The smallest absolute Gasteiger partial charge is 0.377 e. The summed E-state index contributed by atoms with van der Waals surface area (Å²) in [6.45, 7) is 0. The SMILES string of the molecule is O=C1CCCCCC[C@](O)(C(F)(F)F)C2NNC(O2)C2CCC(C(F)(F)F)C1N2. The molecule has 3 aliphatic rings. The number of alkyl halides is 6. The number of aliphatic hydroxyl groups is 1. The fourth-order valence-corrected chi connectivity index (χ4v) is 4.29. The molecule has 0 saturated carbocycles. The first-order valence-corrected chi connectivity index (χ1v) is 9.74. The van der Waals surface area contributed by atoms with E-state index in [1.807, 2.05) is 0 Å². The highest BCUT2D eigenvalue weighted by Gasteiger charge is 2.61. The van der Waals surface area contributed by atoms with Crippen LogP contribution in [0.25, 0.3) is 0 Å². The molecule has 6 atom stereocenters. The third-order valence-electron chi connectivity index (χ3n) is 6.01. The molecule has 3 fully saturated rings. The van der Waals surface area contributed by atoms with Gasteiger partial charge in [0.1, 0.15) is 12.0 Å². The second-order valence-corrected chi connectivity index (χ2v) is 8.00. The molecule has 0 aliphatic carbocycles. The van der Waals surface area contributed by atoms with Gasteiger partial charge in [0.25, 0.3) is 0 Å². The van der Waals surface area contributed by atoms with Crippen LogP contribution in [0.5, 0.6) is 0 Å². The maximum Gasteiger partial charge on any atom is 0.421 e. The zero-order chi connectivity index (χ0) is 21.4. The van der Waals surface area contributed by atoms with Crippen molar-refractivity contribution in [3.63, 3.8) is 0 Å². The lowest BCUT2D eigenvalue weighted by Gasteiger charge is -2.40. The minimum Gasteiger partial charge on any atom is -0.377 e. The van der Waals surface area contributed by atoms with Gasteiger partial charge in [0, 0.05) is 12.5 Å². The molecule has 0 aromatic heterocycles. The summed E-state index contributed by atoms with van der Waals surface area (Å²) in [5.41, 5.74) is 1.64. The predicted molar refractivity (Wildman–Crippen MR) is 88.1 cm³/mol. The third-order valence-corrected chi connectivity index (χ3v) is 6.01. The van der Waals surface area contributed by atoms with Crippen molar-refractivity contribution in [1.82, 2.24) is 16.2 Å². The molecule has 0 aromatic rings. The van der Waals surface area contributed by atoms with E-state index in [2.05, 4.69) is 16.2 Å². The second kappa shape index (κ2) is 8.29. The summed E-state index contributed by atoms with van der Waals surface area (Å²) >= 11 is 0. The van der Waals surface area contributed by atoms with Crippen LogP contribution in [0.3, 0.4) is 0 Å². The van der Waals surface area contributed by atoms with Gasteiger partial charge in [-0.1, -0.05) is 19.3 Å². The van der Waals surface area contributed by atoms with Crippen LogP contribution in [0.1, 0.15) is 51.4 Å². The predicted octanol–water partition coefficient (Wildman–Crippen LogP) is 2.28. The number of ketones is 1. The molecule has 3 rings (SSSR count). The normalized spacial score (nSPS) is 40.5. The largest absolute Gasteiger partial charge is 0.421 e. The van der Waals surface area contributed by atoms with Crippen LogP contribution in [-0.2, 0) is 9.53 Å². The molecule has 168 valence electrons. The molecule has 3 saturated heterocycles. The lowest BCUT2D eigenvalue weighted by molar-refractivity contribution is -0.300. The van der Waals surface area contributed by atoms with Crippen LogP contribution in [-0.4, -0.2) is 53.4 Å². The maximum atomic E-state index is 13.6. The number of ether oxygens (including phenoxy) is 1. The number of fused-ring (bicyclic) bond motifs is 5. The number of halogens is 6. The fourth-order valence-electron chi connectivity index (χ4n) is 4.29. The average Bonchev–Trinajstić information content (AvgIpc) is 3.12. The molecule has 0 radical (unpaired) electrons. The summed E-state index contributed by atoms with van der Waals surface area (Å²) in [5, 5.41) is 13.0. The van der Waals surface area contributed by atoms with Crippen LogP contribution in [0.15, 0.2) is 0 Å². The molecule has 5 unspecified atom stereocenters. The topological polar surface area (TPSA) is 82.6 Å². The van der Waals surface area contributed by atoms with Crippen LogP contribution >= 0.6 is 0 Å². The Morgan fingerprint density at radius 1 is 1.00 bits per heavy atom. The Bertz CT molecular complexity index is 602. The fraction of sp³-hybridized carbons (Fsp3) is 0.941. The summed E-state index contributed by atoms with van der Waals surface area (Å²) in [6, 6.07) is -2.29. The molecule has 3 heterocycles. The van der Waals surface area contributed by atoms with Crippen LogP contribution in [0.4, 0.5) is 26.3 Å². The van der Waals surface area contributed by atoms with E-state index in [0.717, 1.165) is 0 Å². The number of piperidine rings is 1. The number of hydrogen-bond acceptors (Lipinski definition) is 6. The first-order valence-electron chi connectivity index (χ1n) is 9.74. The van der Waals surface area contributed by atoms with Crippen molar-refractivity contribution in [1.29, 1.82) is 0 Å². The van der Waals surface area contributed by atoms with E-state index in [4.69, 9.17) is 4.74 Å². The van der Waals surface area contributed by atoms with Gasteiger partial charge in [-0.25, -0.2) is 10.9 Å². The first kappa shape index (κ1) is 22.7. The lowest BCUT2D eigenvalue weighted by Crippen LogP contribution is -2.60. The van der Waals surface area contributed by atoms with Gasteiger partial charge in [-0.2, -0.15) is 26.3 Å². The van der Waals surface area contributed by atoms with E-state index < -0.39 is 60.6 Å². The van der Waals surface area contributed by atoms with E-state index in [9.17, 15) is 36.2 Å². The average molecular weight is 433 g/mol. The van der Waals surface area contributed by atoms with Gasteiger partial charge < -0.3 is 15.2 Å². The van der Waals surface area contributed by atoms with Gasteiger partial charge in [0.15, 0.2) is 6.23 Å². The van der Waals surface area contributed by atoms with E-state index in [1.54, 1.807) is 0 Å². The highest BCUT2D eigenvalue weighted by molar-refractivity contribution is 5.84. The monoisotopic (exact) mass is 433 g/mol. The highest BCUT2D eigenvalue weighted by Crippen LogP contribution is 2.41. The summed E-state index contributed by atoms with van der Waals surface area (Å²) < 4.78 is 86.2. The number of nitrogens with one attached hydrogen (secondary N) is 3. The summed E-state index contributed by atoms with van der Waals surface area (Å²) in [5.74, 6) is -2.40. The number of Topliss-reactive ketones (excluding diaryl/α,β-unsaturated/α-hetero) is 1. The quantitative estimate of drug-likeness (QED) is 0.439. The van der Waals surface area contributed by atoms with Crippen molar-refractivity contribution in [2.24, 2.45) is 5.92 Å². The van der Waals surface area contributed by atoms with Crippen molar-refractivity contribution in [2.75, 3.05) is 0 Å². The Labute approximate surface area is 163 Å². The highest BCUT2D eigenvalue weighted by atomic mass is 19.4. The maximum absolute atomic E-state index is 13.6. The van der Waals surface area contributed by atoms with Crippen molar-refractivity contribution in [3.8, 4) is 0 Å². The molecule has 0 amide bonds. The lowest BCUT2D eigenvalue weighted by atomic mass is 9.83. The van der Waals surface area contributed by atoms with Crippen molar-refractivity contribution in [2.45, 2.75) is 93.9 Å². The van der Waals surface area contributed by atoms with Gasteiger partial charge in [-0.3, -0.25) is 4.79 Å². The molecule has 4 bridgehead atoms. The second-order valence-electron chi connectivity index (χ2n) is 8.00. The number of carbonyl (C=O) groups is 1. The first-order chi connectivity index (χ1) is 13.4. The Morgan fingerprint density at radius 2 is 1.69 bits per heavy atom. The van der Waals surface area contributed by atoms with Crippen molar-refractivity contribution < 1.29 is 41.0 Å². The third kappa shape index (κ3) is 4.71. The summed E-state index contributed by atoms with van der Waals surface area (Å²) in [7, 11) is 0. The van der Waals surface area contributed by atoms with E-state index in [1.165, 1.54) is 0 Å².